The van der Waals surface area contributed by atoms with E-state index in [1.807, 2.05) is 18.2 Å². The van der Waals surface area contributed by atoms with Crippen molar-refractivity contribution in [2.75, 3.05) is 0 Å². The Hall–Kier alpha value is -1.89. The van der Waals surface area contributed by atoms with Gasteiger partial charge in [-0.1, -0.05) is 129 Å². The van der Waals surface area contributed by atoms with Gasteiger partial charge in [0, 0.05) is 0 Å². The van der Waals surface area contributed by atoms with Crippen molar-refractivity contribution in [3.63, 3.8) is 0 Å². The smallest absolute Gasteiger partial charge is 0.756 e. The first kappa shape index (κ1) is 62.1. The van der Waals surface area contributed by atoms with Crippen LogP contribution in [0.2, 0.25) is 0 Å². The molecule has 4 atom stereocenters. The van der Waals surface area contributed by atoms with Gasteiger partial charge in [-0.05, 0) is 21.7 Å². The van der Waals surface area contributed by atoms with E-state index in [1.54, 1.807) is 47.6 Å². The van der Waals surface area contributed by atoms with E-state index in [1.165, 1.54) is 19.3 Å². The molecule has 1 aromatic rings. The molecule has 0 aliphatic heterocycles. The van der Waals surface area contributed by atoms with E-state index in [0.717, 1.165) is 12.0 Å². The van der Waals surface area contributed by atoms with Crippen molar-refractivity contribution in [2.45, 2.75) is 141 Å². The molecule has 0 saturated heterocycles. The topological polar surface area (TPSA) is 197 Å². The molecular formula is C40H72N2O8Pt2. The number of hydrogen-bond acceptors (Lipinski definition) is 4. The first-order valence-corrected chi connectivity index (χ1v) is 17.2. The molecule has 0 amide bonds. The van der Waals surface area contributed by atoms with E-state index in [2.05, 4.69) is 69.2 Å². The second kappa shape index (κ2) is 29.5. The summed E-state index contributed by atoms with van der Waals surface area (Å²) in [6.45, 7) is 35.3. The van der Waals surface area contributed by atoms with Gasteiger partial charge in [0.25, 0.3) is 0 Å². The molecule has 0 aromatic heterocycles. The van der Waals surface area contributed by atoms with E-state index < -0.39 is 46.5 Å². The van der Waals surface area contributed by atoms with Crippen LogP contribution in [-0.4, -0.2) is 50.3 Å². The first-order chi connectivity index (χ1) is 22.1. The Morgan fingerprint density at radius 3 is 1.10 bits per heavy atom. The summed E-state index contributed by atoms with van der Waals surface area (Å²) in [7, 11) is 0. The van der Waals surface area contributed by atoms with Crippen molar-refractivity contribution in [1.29, 1.82) is 0 Å². The first-order valence-electron chi connectivity index (χ1n) is 17.2. The fraction of sp³-hybridized carbons (Fsp3) is 0.700. The van der Waals surface area contributed by atoms with Crippen LogP contribution in [0.15, 0.2) is 24.3 Å². The predicted octanol–water partition coefficient (Wildman–Crippen LogP) is 11.5. The van der Waals surface area contributed by atoms with Crippen molar-refractivity contribution < 1.29 is 81.7 Å². The van der Waals surface area contributed by atoms with E-state index in [0.29, 0.717) is 22.4 Å². The molecule has 1 aromatic carbocycles. The minimum Gasteiger partial charge on any atom is -0.756 e. The van der Waals surface area contributed by atoms with Crippen LogP contribution in [0.4, 0.5) is 5.69 Å². The largest absolute Gasteiger partial charge is 2.00 e. The average molecular weight is 1100 g/mol. The Morgan fingerprint density at radius 1 is 0.673 bits per heavy atom. The van der Waals surface area contributed by atoms with Crippen molar-refractivity contribution in [2.24, 2.45) is 39.4 Å². The van der Waals surface area contributed by atoms with Gasteiger partial charge in [0.2, 0.25) is 0 Å². The van der Waals surface area contributed by atoms with Crippen LogP contribution in [0.5, 0.6) is 0 Å². The predicted molar refractivity (Wildman–Crippen MR) is 206 cm³/mol. The van der Waals surface area contributed by atoms with Crippen LogP contribution in [0, 0.1) is 53.3 Å². The summed E-state index contributed by atoms with van der Waals surface area (Å²) in [4.78, 5) is 41.8. The van der Waals surface area contributed by atoms with Gasteiger partial charge in [-0.2, -0.15) is 18.0 Å². The SMILES string of the molecule is CC(C)(C)C.CC(C)(C)C.CC(C)(C)C(CC(=O)O)C(=O)O.CC(C)(C)C(CC(=O)O)C(=O)O.[CH2-]C1CCCCC1[NH-].[CH2-]c1ccccc1[NH-].[Pt+2].[Pt+2]. The van der Waals surface area contributed by atoms with Crippen molar-refractivity contribution in [1.82, 2.24) is 0 Å². The van der Waals surface area contributed by atoms with E-state index in [-0.39, 0.29) is 61.0 Å². The van der Waals surface area contributed by atoms with Crippen LogP contribution in [0.1, 0.15) is 141 Å². The summed E-state index contributed by atoms with van der Waals surface area (Å²) in [5.74, 6) is -5.47. The second-order valence-corrected chi connectivity index (χ2v) is 18.0. The molecule has 12 heteroatoms. The molecule has 2 rings (SSSR count). The third kappa shape index (κ3) is 46.1. The Kier molecular flexibility index (Phi) is 35.2. The number of carboxylic acids is 4. The minimum atomic E-state index is -1.07. The summed E-state index contributed by atoms with van der Waals surface area (Å²) in [5.41, 5.74) is 15.8. The molecule has 0 radical (unpaired) electrons. The number of aliphatic carboxylic acids is 4. The molecular weight excluding hydrogens is 1030 g/mol. The number of carboxylic acid groups (broad SMARTS) is 4. The molecule has 1 aliphatic carbocycles. The summed E-state index contributed by atoms with van der Waals surface area (Å²) in [6, 6.07) is 7.39. The standard InChI is InChI=1S/2C8H14O4.C7H13N.C7H7N.2C5H12.2Pt/c2*1-8(2,3)5(7(11)12)4-6(9)10;2*1-6-4-2-3-5-7(6)8;2*1-5(2,3)4;;/h2*5H,4H2,1-3H3,(H,9,10)(H,11,12);6-8H,1-5H2;2-5,8H,1H2;2*1-4H3;;/q;;2*-2;;;2*+2. The molecule has 1 aliphatic rings. The maximum atomic E-state index is 10.6. The summed E-state index contributed by atoms with van der Waals surface area (Å²) in [6.07, 6.45) is 4.16. The number of rotatable bonds is 6. The maximum Gasteiger partial charge on any atom is 2.00 e. The van der Waals surface area contributed by atoms with Crippen LogP contribution in [0.3, 0.4) is 0 Å². The van der Waals surface area contributed by atoms with E-state index in [9.17, 15) is 19.2 Å². The third-order valence-electron chi connectivity index (χ3n) is 6.37. The van der Waals surface area contributed by atoms with Gasteiger partial charge in [0.05, 0.1) is 24.7 Å². The number of hydrogen-bond donors (Lipinski definition) is 4. The van der Waals surface area contributed by atoms with Gasteiger partial charge in [0.15, 0.2) is 0 Å². The molecule has 1 fully saturated rings. The van der Waals surface area contributed by atoms with Crippen LogP contribution < -0.4 is 0 Å². The summed E-state index contributed by atoms with van der Waals surface area (Å²) in [5, 5.41) is 34.3. The minimum absolute atomic E-state index is 0. The summed E-state index contributed by atoms with van der Waals surface area (Å²) < 4.78 is 0. The van der Waals surface area contributed by atoms with Crippen LogP contribution >= 0.6 is 0 Å². The van der Waals surface area contributed by atoms with Gasteiger partial charge in [-0.25, -0.2) is 12.5 Å². The number of carbonyl (C=O) groups is 4. The molecule has 10 nitrogen and oxygen atoms in total. The van der Waals surface area contributed by atoms with Crippen molar-refractivity contribution in [3.8, 4) is 0 Å². The number of benzene rings is 1. The second-order valence-electron chi connectivity index (χ2n) is 18.0. The van der Waals surface area contributed by atoms with Crippen molar-refractivity contribution in [3.05, 3.63) is 55.1 Å². The summed E-state index contributed by atoms with van der Waals surface area (Å²) >= 11 is 0. The van der Waals surface area contributed by atoms with Gasteiger partial charge < -0.3 is 38.8 Å². The maximum absolute atomic E-state index is 10.6. The molecule has 0 bridgehead atoms. The molecule has 310 valence electrons. The molecule has 4 unspecified atom stereocenters. The normalized spacial score (nSPS) is 16.2. The zero-order valence-electron chi connectivity index (χ0n) is 34.3. The van der Waals surface area contributed by atoms with Crippen LogP contribution in [-0.2, 0) is 61.3 Å². The van der Waals surface area contributed by atoms with Crippen molar-refractivity contribution >= 4 is 29.6 Å². The van der Waals surface area contributed by atoms with Gasteiger partial charge in [-0.3, -0.25) is 24.9 Å². The molecule has 52 heavy (non-hydrogen) atoms. The van der Waals surface area contributed by atoms with Crippen LogP contribution in [0.25, 0.3) is 11.5 Å². The molecule has 0 spiro atoms. The van der Waals surface area contributed by atoms with Gasteiger partial charge in [0.1, 0.15) is 0 Å². The fourth-order valence-electron chi connectivity index (χ4n) is 3.61. The van der Waals surface area contributed by atoms with Gasteiger partial charge >= 0.3 is 66.0 Å². The van der Waals surface area contributed by atoms with E-state index in [4.69, 9.17) is 31.9 Å². The van der Waals surface area contributed by atoms with E-state index >= 15 is 0 Å². The zero-order chi connectivity index (χ0) is 40.8. The Morgan fingerprint density at radius 2 is 0.962 bits per heavy atom. The Labute approximate surface area is 345 Å². The zero-order valence-corrected chi connectivity index (χ0v) is 38.9. The fourth-order valence-corrected chi connectivity index (χ4v) is 3.61. The number of nitrogens with one attached hydrogen (secondary N) is 2. The Balaban J connectivity index is -0.000000125. The third-order valence-corrected chi connectivity index (χ3v) is 6.37. The van der Waals surface area contributed by atoms with Gasteiger partial charge in [-0.15, -0.1) is 12.1 Å². The molecule has 1 saturated carbocycles. The molecule has 6 N–H and O–H groups in total. The quantitative estimate of drug-likeness (QED) is 0.202. The monoisotopic (exact) mass is 1100 g/mol. The Bertz CT molecular complexity index is 1020. The molecule has 0 heterocycles. The average Bonchev–Trinajstić information content (AvgIpc) is 2.87.